The maximum Gasteiger partial charge on any atom is 0.243 e. The van der Waals surface area contributed by atoms with Crippen LogP contribution in [-0.2, 0) is 9.59 Å². The van der Waals surface area contributed by atoms with Gasteiger partial charge < -0.3 is 5.32 Å². The van der Waals surface area contributed by atoms with Crippen LogP contribution in [0.2, 0.25) is 10.0 Å². The Bertz CT molecular complexity index is 604. The van der Waals surface area contributed by atoms with E-state index in [0.717, 1.165) is 0 Å². The summed E-state index contributed by atoms with van der Waals surface area (Å²) in [6, 6.07) is 5.78. The van der Waals surface area contributed by atoms with Crippen LogP contribution in [0.1, 0.15) is 6.92 Å². The Kier molecular flexibility index (Phi) is 7.52. The molecule has 0 aromatic heterocycles. The first-order valence-electron chi connectivity index (χ1n) is 6.33. The first-order chi connectivity index (χ1) is 10.4. The number of nitrogens with zero attached hydrogens (tertiary/aromatic N) is 2. The van der Waals surface area contributed by atoms with Crippen LogP contribution in [0.15, 0.2) is 18.2 Å². The molecule has 1 rings (SSSR count). The van der Waals surface area contributed by atoms with Crippen LogP contribution in [0.3, 0.4) is 0 Å². The summed E-state index contributed by atoms with van der Waals surface area (Å²) in [6.45, 7) is 1.47. The Labute approximate surface area is 143 Å². The second-order valence-electron chi connectivity index (χ2n) is 4.35. The lowest BCUT2D eigenvalue weighted by molar-refractivity contribution is -0.125. The van der Waals surface area contributed by atoms with Crippen molar-refractivity contribution >= 4 is 52.5 Å². The number of nitrogens with one attached hydrogen (secondary N) is 1. The Morgan fingerprint density at radius 1 is 1.41 bits per heavy atom. The van der Waals surface area contributed by atoms with Gasteiger partial charge >= 0.3 is 0 Å². The fourth-order valence-electron chi connectivity index (χ4n) is 1.80. The maximum absolute atomic E-state index is 12.3. The molecule has 2 amide bonds. The van der Waals surface area contributed by atoms with Crippen molar-refractivity contribution in [2.75, 3.05) is 23.5 Å². The summed E-state index contributed by atoms with van der Waals surface area (Å²) in [4.78, 5) is 25.8. The van der Waals surface area contributed by atoms with E-state index in [2.05, 4.69) is 5.32 Å². The fraction of sp³-hybridized carbons (Fsp3) is 0.357. The van der Waals surface area contributed by atoms with Crippen molar-refractivity contribution in [2.45, 2.75) is 13.0 Å². The number of amides is 2. The topological polar surface area (TPSA) is 73.2 Å². The molecule has 0 bridgehead atoms. The molecular formula is C14H15Cl2N3O2S. The third-order valence-electron chi connectivity index (χ3n) is 2.83. The lowest BCUT2D eigenvalue weighted by atomic mass is 10.2. The SMILES string of the molecule is CSCC(=O)N(c1ccc(Cl)c(Cl)c1)C(C)C(=O)NCC#N. The molecule has 0 spiro atoms. The summed E-state index contributed by atoms with van der Waals surface area (Å²) in [5.41, 5.74) is 0.480. The Hall–Kier alpha value is -1.42. The van der Waals surface area contributed by atoms with E-state index in [1.807, 2.05) is 6.07 Å². The minimum atomic E-state index is -0.773. The summed E-state index contributed by atoms with van der Waals surface area (Å²) in [6.07, 6.45) is 1.80. The number of carbonyl (C=O) groups is 2. The molecule has 0 saturated carbocycles. The zero-order chi connectivity index (χ0) is 16.7. The van der Waals surface area contributed by atoms with Crippen LogP contribution in [0.25, 0.3) is 0 Å². The van der Waals surface area contributed by atoms with Crippen molar-refractivity contribution in [1.82, 2.24) is 5.32 Å². The number of rotatable bonds is 6. The Morgan fingerprint density at radius 3 is 2.64 bits per heavy atom. The molecule has 0 radical (unpaired) electrons. The van der Waals surface area contributed by atoms with Gasteiger partial charge in [-0.2, -0.15) is 17.0 Å². The van der Waals surface area contributed by atoms with Crippen LogP contribution < -0.4 is 10.2 Å². The number of nitriles is 1. The second kappa shape index (κ2) is 8.89. The lowest BCUT2D eigenvalue weighted by Gasteiger charge is -2.28. The standard InChI is InChI=1S/C14H15Cl2N3O2S/c1-9(14(21)18-6-5-17)19(13(20)8-22-2)10-3-4-11(15)12(16)7-10/h3-4,7,9H,6,8H2,1-2H3,(H,18,21). The molecule has 1 unspecified atom stereocenters. The van der Waals surface area contributed by atoms with Crippen molar-refractivity contribution in [1.29, 1.82) is 5.26 Å². The number of carbonyl (C=O) groups excluding carboxylic acids is 2. The van der Waals surface area contributed by atoms with E-state index in [1.165, 1.54) is 22.7 Å². The van der Waals surface area contributed by atoms with Crippen LogP contribution >= 0.6 is 35.0 Å². The number of halogens is 2. The van der Waals surface area contributed by atoms with E-state index in [4.69, 9.17) is 28.5 Å². The molecule has 1 N–H and O–H groups in total. The molecular weight excluding hydrogens is 345 g/mol. The van der Waals surface area contributed by atoms with Gasteiger partial charge in [-0.3, -0.25) is 14.5 Å². The number of thioether (sulfide) groups is 1. The normalized spacial score (nSPS) is 11.4. The summed E-state index contributed by atoms with van der Waals surface area (Å²) >= 11 is 13.2. The largest absolute Gasteiger partial charge is 0.341 e. The highest BCUT2D eigenvalue weighted by molar-refractivity contribution is 7.99. The molecule has 0 aliphatic carbocycles. The van der Waals surface area contributed by atoms with Crippen LogP contribution in [-0.4, -0.2) is 36.4 Å². The highest BCUT2D eigenvalue weighted by Crippen LogP contribution is 2.28. The van der Waals surface area contributed by atoms with E-state index >= 15 is 0 Å². The van der Waals surface area contributed by atoms with E-state index in [-0.39, 0.29) is 18.2 Å². The first kappa shape index (κ1) is 18.6. The van der Waals surface area contributed by atoms with Gasteiger partial charge in [0, 0.05) is 5.69 Å². The van der Waals surface area contributed by atoms with Crippen LogP contribution in [0, 0.1) is 11.3 Å². The summed E-state index contributed by atoms with van der Waals surface area (Å²) < 4.78 is 0. The average Bonchev–Trinajstić information content (AvgIpc) is 2.48. The summed E-state index contributed by atoms with van der Waals surface area (Å²) in [5, 5.41) is 11.6. The number of hydrogen-bond acceptors (Lipinski definition) is 4. The van der Waals surface area contributed by atoms with Gasteiger partial charge in [-0.25, -0.2) is 0 Å². The Balaban J connectivity index is 3.12. The van der Waals surface area contributed by atoms with Gasteiger partial charge in [-0.1, -0.05) is 23.2 Å². The average molecular weight is 360 g/mol. The molecule has 5 nitrogen and oxygen atoms in total. The van der Waals surface area contributed by atoms with Crippen molar-refractivity contribution < 1.29 is 9.59 Å². The van der Waals surface area contributed by atoms with Crippen molar-refractivity contribution in [3.05, 3.63) is 28.2 Å². The first-order valence-corrected chi connectivity index (χ1v) is 8.48. The van der Waals surface area contributed by atoms with Gasteiger partial charge in [0.15, 0.2) is 0 Å². The molecule has 118 valence electrons. The smallest absolute Gasteiger partial charge is 0.243 e. The number of hydrogen-bond donors (Lipinski definition) is 1. The lowest BCUT2D eigenvalue weighted by Crippen LogP contribution is -2.49. The minimum Gasteiger partial charge on any atom is -0.341 e. The molecule has 8 heteroatoms. The summed E-state index contributed by atoms with van der Waals surface area (Å²) in [5.74, 6) is -0.427. The second-order valence-corrected chi connectivity index (χ2v) is 6.03. The fourth-order valence-corrected chi connectivity index (χ4v) is 2.48. The van der Waals surface area contributed by atoms with Crippen molar-refractivity contribution in [3.8, 4) is 6.07 Å². The van der Waals surface area contributed by atoms with Gasteiger partial charge in [-0.05, 0) is 31.4 Å². The molecule has 1 atom stereocenters. The van der Waals surface area contributed by atoms with Gasteiger partial charge in [0.1, 0.15) is 12.6 Å². The van der Waals surface area contributed by atoms with Gasteiger partial charge in [-0.15, -0.1) is 0 Å². The van der Waals surface area contributed by atoms with Gasteiger partial charge in [0.2, 0.25) is 11.8 Å². The number of anilines is 1. The molecule has 1 aromatic carbocycles. The quantitative estimate of drug-likeness (QED) is 0.792. The van der Waals surface area contributed by atoms with Crippen LogP contribution in [0.4, 0.5) is 5.69 Å². The highest BCUT2D eigenvalue weighted by atomic mass is 35.5. The molecule has 0 heterocycles. The maximum atomic E-state index is 12.3. The third-order valence-corrected chi connectivity index (χ3v) is 4.10. The van der Waals surface area contributed by atoms with Gasteiger partial charge in [0.25, 0.3) is 0 Å². The monoisotopic (exact) mass is 359 g/mol. The molecule has 1 aromatic rings. The van der Waals surface area contributed by atoms with Crippen molar-refractivity contribution in [2.24, 2.45) is 0 Å². The molecule has 0 fully saturated rings. The minimum absolute atomic E-state index is 0.116. The van der Waals surface area contributed by atoms with E-state index in [9.17, 15) is 9.59 Å². The van der Waals surface area contributed by atoms with E-state index in [0.29, 0.717) is 15.7 Å². The van der Waals surface area contributed by atoms with Gasteiger partial charge in [0.05, 0.1) is 21.9 Å². The van der Waals surface area contributed by atoms with Crippen LogP contribution in [0.5, 0.6) is 0 Å². The molecule has 0 saturated heterocycles. The third kappa shape index (κ3) is 4.80. The van der Waals surface area contributed by atoms with E-state index < -0.39 is 11.9 Å². The molecule has 0 aliphatic rings. The zero-order valence-corrected chi connectivity index (χ0v) is 14.4. The zero-order valence-electron chi connectivity index (χ0n) is 12.1. The Morgan fingerprint density at radius 2 is 2.09 bits per heavy atom. The predicted molar refractivity (Wildman–Crippen MR) is 90.4 cm³/mol. The molecule has 0 aliphatic heterocycles. The highest BCUT2D eigenvalue weighted by Gasteiger charge is 2.27. The molecule has 22 heavy (non-hydrogen) atoms. The van der Waals surface area contributed by atoms with E-state index in [1.54, 1.807) is 25.3 Å². The summed E-state index contributed by atoms with van der Waals surface area (Å²) in [7, 11) is 0. The predicted octanol–water partition coefficient (Wildman–Crippen LogP) is 2.72. The number of benzene rings is 1. The van der Waals surface area contributed by atoms with Crippen molar-refractivity contribution in [3.63, 3.8) is 0 Å².